The Hall–Kier alpha value is -4.25. The number of furan rings is 1. The van der Waals surface area contributed by atoms with E-state index in [1.807, 2.05) is 13.0 Å². The lowest BCUT2D eigenvalue weighted by Crippen LogP contribution is -2.40. The maximum Gasteiger partial charge on any atom is 0.294 e. The van der Waals surface area contributed by atoms with Gasteiger partial charge in [0, 0.05) is 56.2 Å². The highest BCUT2D eigenvalue weighted by molar-refractivity contribution is 6.15. The topological polar surface area (TPSA) is 134 Å². The summed E-state index contributed by atoms with van der Waals surface area (Å²) >= 11 is 0. The molecular weight excluding hydrogens is 526 g/mol. The van der Waals surface area contributed by atoms with E-state index in [2.05, 4.69) is 15.6 Å². The number of hydrogen-bond acceptors (Lipinski definition) is 7. The minimum absolute atomic E-state index is 0.0748. The number of carbonyl (C=O) groups is 4. The van der Waals surface area contributed by atoms with Gasteiger partial charge in [-0.3, -0.25) is 19.2 Å². The van der Waals surface area contributed by atoms with Crippen molar-refractivity contribution in [1.82, 2.24) is 14.8 Å². The third-order valence-electron chi connectivity index (χ3n) is 7.73. The number of nitrogens with one attached hydrogen (secondary N) is 2. The van der Waals surface area contributed by atoms with Gasteiger partial charge in [0.15, 0.2) is 0 Å². The number of nitrogens with zero attached hydrogens (tertiary/aromatic N) is 3. The smallest absolute Gasteiger partial charge is 0.294 e. The lowest BCUT2D eigenvalue weighted by molar-refractivity contribution is -0.135. The minimum Gasteiger partial charge on any atom is -0.449 e. The van der Waals surface area contributed by atoms with Crippen LogP contribution in [0.2, 0.25) is 0 Å². The lowest BCUT2D eigenvalue weighted by Gasteiger charge is -2.28. The van der Waals surface area contributed by atoms with Crippen molar-refractivity contribution in [2.24, 2.45) is 11.8 Å². The van der Waals surface area contributed by atoms with Gasteiger partial charge in [-0.1, -0.05) is 6.07 Å². The fourth-order valence-electron chi connectivity index (χ4n) is 5.37. The molecule has 3 aromatic rings. The number of rotatable bonds is 6. The fourth-order valence-corrected chi connectivity index (χ4v) is 5.37. The monoisotopic (exact) mass is 561 g/mol. The van der Waals surface area contributed by atoms with E-state index in [1.165, 1.54) is 0 Å². The summed E-state index contributed by atoms with van der Waals surface area (Å²) in [6.07, 6.45) is 3.98. The molecule has 1 aliphatic heterocycles. The van der Waals surface area contributed by atoms with Gasteiger partial charge in [0.05, 0.1) is 13.2 Å². The number of carbonyl (C=O) groups excluding carboxylic acids is 4. The molecule has 0 spiro atoms. The Kier molecular flexibility index (Phi) is 8.34. The van der Waals surface area contributed by atoms with Gasteiger partial charge in [-0.2, -0.15) is 0 Å². The van der Waals surface area contributed by atoms with Gasteiger partial charge in [0.25, 0.3) is 11.8 Å². The molecule has 2 aromatic heterocycles. The molecular formula is C30H35N5O6. The summed E-state index contributed by atoms with van der Waals surface area (Å²) in [4.78, 5) is 60.0. The van der Waals surface area contributed by atoms with E-state index in [9.17, 15) is 19.2 Å². The van der Waals surface area contributed by atoms with Crippen LogP contribution in [0.4, 0.5) is 11.5 Å². The largest absolute Gasteiger partial charge is 0.449 e. The van der Waals surface area contributed by atoms with Gasteiger partial charge in [-0.25, -0.2) is 4.98 Å². The molecule has 2 N–H and O–H groups in total. The molecule has 0 bridgehead atoms. The SMILES string of the molecule is Cc1ccc(NC(=O)c2oc3ccc(C(=O)N4CCOCC4)cc3c2NC(=O)[C@H]2CC[C@H](C(=O)N(C)C)CC2)nc1. The number of amides is 4. The van der Waals surface area contributed by atoms with E-state index in [0.29, 0.717) is 74.3 Å². The molecule has 1 aromatic carbocycles. The van der Waals surface area contributed by atoms with Crippen LogP contribution in [-0.2, 0) is 14.3 Å². The summed E-state index contributed by atoms with van der Waals surface area (Å²) in [5, 5.41) is 6.12. The third-order valence-corrected chi connectivity index (χ3v) is 7.73. The van der Waals surface area contributed by atoms with Crippen molar-refractivity contribution in [1.29, 1.82) is 0 Å². The van der Waals surface area contributed by atoms with E-state index < -0.39 is 5.91 Å². The van der Waals surface area contributed by atoms with Crippen LogP contribution in [-0.4, -0.2) is 78.8 Å². The summed E-state index contributed by atoms with van der Waals surface area (Å²) in [6, 6.07) is 8.45. The highest BCUT2D eigenvalue weighted by Gasteiger charge is 2.32. The van der Waals surface area contributed by atoms with E-state index in [0.717, 1.165) is 5.56 Å². The zero-order valence-electron chi connectivity index (χ0n) is 23.6. The number of hydrogen-bond donors (Lipinski definition) is 2. The first kappa shape index (κ1) is 28.3. The Bertz CT molecular complexity index is 1450. The lowest BCUT2D eigenvalue weighted by atomic mass is 9.81. The van der Waals surface area contributed by atoms with Crippen molar-refractivity contribution in [2.75, 3.05) is 51.0 Å². The maximum atomic E-state index is 13.5. The fraction of sp³-hybridized carbons (Fsp3) is 0.433. The highest BCUT2D eigenvalue weighted by Crippen LogP contribution is 2.35. The quantitative estimate of drug-likeness (QED) is 0.469. The molecule has 5 rings (SSSR count). The molecule has 0 radical (unpaired) electrons. The van der Waals surface area contributed by atoms with Crippen LogP contribution in [0.5, 0.6) is 0 Å². The Morgan fingerprint density at radius 3 is 2.32 bits per heavy atom. The molecule has 2 fully saturated rings. The number of ether oxygens (including phenoxy) is 1. The van der Waals surface area contributed by atoms with Crippen LogP contribution in [0, 0.1) is 18.8 Å². The number of pyridine rings is 1. The van der Waals surface area contributed by atoms with Gasteiger partial charge in [-0.15, -0.1) is 0 Å². The summed E-state index contributed by atoms with van der Waals surface area (Å²) in [5.41, 5.74) is 1.93. The van der Waals surface area contributed by atoms with Crippen LogP contribution < -0.4 is 10.6 Å². The van der Waals surface area contributed by atoms with E-state index in [-0.39, 0.29) is 41.0 Å². The summed E-state index contributed by atoms with van der Waals surface area (Å²) < 4.78 is 11.3. The molecule has 4 amide bonds. The second-order valence-corrected chi connectivity index (χ2v) is 10.9. The molecule has 2 aliphatic rings. The number of aryl methyl sites for hydroxylation is 1. The highest BCUT2D eigenvalue weighted by atomic mass is 16.5. The van der Waals surface area contributed by atoms with Gasteiger partial charge in [0.1, 0.15) is 17.1 Å². The molecule has 11 nitrogen and oxygen atoms in total. The van der Waals surface area contributed by atoms with Crippen molar-refractivity contribution in [3.05, 3.63) is 53.4 Å². The number of aromatic nitrogens is 1. The van der Waals surface area contributed by atoms with Crippen LogP contribution in [0.15, 0.2) is 40.9 Å². The average Bonchev–Trinajstić information content (AvgIpc) is 3.35. The van der Waals surface area contributed by atoms with Crippen LogP contribution >= 0.6 is 0 Å². The van der Waals surface area contributed by atoms with Crippen LogP contribution in [0.3, 0.4) is 0 Å². The summed E-state index contributed by atoms with van der Waals surface area (Å²) in [7, 11) is 3.48. The molecule has 41 heavy (non-hydrogen) atoms. The molecule has 11 heteroatoms. The van der Waals surface area contributed by atoms with E-state index in [1.54, 1.807) is 54.4 Å². The molecule has 0 atom stereocenters. The molecule has 216 valence electrons. The van der Waals surface area contributed by atoms with Crippen LogP contribution in [0.1, 0.15) is 52.2 Å². The van der Waals surface area contributed by atoms with Crippen molar-refractivity contribution in [3.8, 4) is 0 Å². The third kappa shape index (κ3) is 6.25. The normalized spacial score (nSPS) is 19.0. The zero-order valence-corrected chi connectivity index (χ0v) is 23.6. The van der Waals surface area contributed by atoms with Crippen LogP contribution in [0.25, 0.3) is 11.0 Å². The second kappa shape index (κ2) is 12.1. The Morgan fingerprint density at radius 1 is 0.951 bits per heavy atom. The molecule has 1 saturated carbocycles. The molecule has 3 heterocycles. The molecule has 1 saturated heterocycles. The predicted octanol–water partition coefficient (Wildman–Crippen LogP) is 3.69. The number of benzene rings is 1. The number of morpholine rings is 1. The maximum absolute atomic E-state index is 13.5. The zero-order chi connectivity index (χ0) is 29.1. The minimum atomic E-state index is -0.575. The van der Waals surface area contributed by atoms with Crippen molar-refractivity contribution in [2.45, 2.75) is 32.6 Å². The van der Waals surface area contributed by atoms with E-state index >= 15 is 0 Å². The van der Waals surface area contributed by atoms with Gasteiger partial charge >= 0.3 is 0 Å². The van der Waals surface area contributed by atoms with Gasteiger partial charge < -0.3 is 29.6 Å². The Balaban J connectivity index is 1.43. The second-order valence-electron chi connectivity index (χ2n) is 10.9. The molecule has 1 aliphatic carbocycles. The first-order chi connectivity index (χ1) is 19.7. The number of fused-ring (bicyclic) bond motifs is 1. The van der Waals surface area contributed by atoms with Gasteiger partial charge in [-0.05, 0) is 62.4 Å². The first-order valence-electron chi connectivity index (χ1n) is 13.9. The van der Waals surface area contributed by atoms with Crippen molar-refractivity contribution < 1.29 is 28.3 Å². The molecule has 0 unspecified atom stereocenters. The average molecular weight is 562 g/mol. The standard InChI is InChI=1S/C30H35N5O6/c1-18-4-11-24(31-17-18)32-28(37)26-25(33-27(36)19-5-7-20(8-6-19)29(38)34(2)3)22-16-21(9-10-23(22)41-26)30(39)35-12-14-40-15-13-35/h4,9-11,16-17,19-20H,5-8,12-15H2,1-3H3,(H,33,36)(H,31,32,37)/t19-,20-. The Morgan fingerprint density at radius 2 is 1.66 bits per heavy atom. The van der Waals surface area contributed by atoms with Crippen molar-refractivity contribution >= 4 is 46.1 Å². The predicted molar refractivity (Wildman–Crippen MR) is 153 cm³/mol. The van der Waals surface area contributed by atoms with Crippen molar-refractivity contribution in [3.63, 3.8) is 0 Å². The van der Waals surface area contributed by atoms with Gasteiger partial charge in [0.2, 0.25) is 17.6 Å². The first-order valence-corrected chi connectivity index (χ1v) is 13.9. The summed E-state index contributed by atoms with van der Waals surface area (Å²) in [5.74, 6) is -1.07. The Labute approximate surface area is 238 Å². The summed E-state index contributed by atoms with van der Waals surface area (Å²) in [6.45, 7) is 3.82. The number of anilines is 2. The van der Waals surface area contributed by atoms with E-state index in [4.69, 9.17) is 9.15 Å².